The summed E-state index contributed by atoms with van der Waals surface area (Å²) in [5.41, 5.74) is 0.782. The number of nitrogens with one attached hydrogen (secondary N) is 1. The van der Waals surface area contributed by atoms with Crippen molar-refractivity contribution < 1.29 is 4.79 Å². The number of amides is 1. The van der Waals surface area contributed by atoms with E-state index in [9.17, 15) is 9.59 Å². The monoisotopic (exact) mass is 297 g/mol. The molecule has 0 aliphatic rings. The molecule has 5 nitrogen and oxygen atoms in total. The molecule has 20 heavy (non-hydrogen) atoms. The Kier molecular flexibility index (Phi) is 6.78. The second-order valence-corrected chi connectivity index (χ2v) is 6.02. The number of aryl methyl sites for hydroxylation is 1. The Bertz CT molecular complexity index is 512. The van der Waals surface area contributed by atoms with Gasteiger partial charge in [-0.1, -0.05) is 18.7 Å². The highest BCUT2D eigenvalue weighted by molar-refractivity contribution is 7.99. The van der Waals surface area contributed by atoms with Crippen LogP contribution in [0.5, 0.6) is 0 Å². The number of rotatable bonds is 7. The van der Waals surface area contributed by atoms with Crippen LogP contribution < -0.4 is 10.9 Å². The summed E-state index contributed by atoms with van der Waals surface area (Å²) in [6.07, 6.45) is 2.03. The smallest absolute Gasteiger partial charge is 0.254 e. The maximum Gasteiger partial charge on any atom is 0.254 e. The average Bonchev–Trinajstić information content (AvgIpc) is 2.38. The lowest BCUT2D eigenvalue weighted by atomic mass is 10.3. The van der Waals surface area contributed by atoms with E-state index in [4.69, 9.17) is 0 Å². The van der Waals surface area contributed by atoms with Crippen molar-refractivity contribution in [2.75, 3.05) is 5.75 Å². The van der Waals surface area contributed by atoms with Gasteiger partial charge in [0.05, 0.1) is 0 Å². The molecule has 0 saturated carbocycles. The molecule has 6 heteroatoms. The van der Waals surface area contributed by atoms with E-state index in [1.165, 1.54) is 11.8 Å². The molecule has 0 atom stereocenters. The van der Waals surface area contributed by atoms with E-state index < -0.39 is 0 Å². The summed E-state index contributed by atoms with van der Waals surface area (Å²) in [4.78, 5) is 27.7. The lowest BCUT2D eigenvalue weighted by molar-refractivity contribution is -0.121. The van der Waals surface area contributed by atoms with Crippen molar-refractivity contribution in [3.05, 3.63) is 22.1 Å². The van der Waals surface area contributed by atoms with E-state index in [2.05, 4.69) is 10.3 Å². The number of nitrogens with zero attached hydrogens (tertiary/aromatic N) is 2. The number of hydrogen-bond donors (Lipinski definition) is 1. The molecule has 0 aromatic carbocycles. The predicted octanol–water partition coefficient (Wildman–Crippen LogP) is 1.74. The minimum absolute atomic E-state index is 0.0306. The number of thioether (sulfide) groups is 1. The first kappa shape index (κ1) is 16.8. The number of carbonyl (C=O) groups excluding carboxylic acids is 1. The number of aromatic nitrogens is 2. The molecular formula is C14H23N3O2S. The van der Waals surface area contributed by atoms with Gasteiger partial charge in [-0.2, -0.15) is 0 Å². The first-order valence-electron chi connectivity index (χ1n) is 6.93. The maximum atomic E-state index is 11.7. The Hall–Kier alpha value is -1.30. The van der Waals surface area contributed by atoms with Crippen LogP contribution in [-0.2, 0) is 18.3 Å². The third-order valence-corrected chi connectivity index (χ3v) is 3.85. The summed E-state index contributed by atoms with van der Waals surface area (Å²) >= 11 is 1.52. The van der Waals surface area contributed by atoms with E-state index in [0.29, 0.717) is 6.42 Å². The molecule has 1 amide bonds. The second-order valence-electron chi connectivity index (χ2n) is 4.96. The zero-order chi connectivity index (χ0) is 15.1. The molecule has 0 fully saturated rings. The first-order valence-corrected chi connectivity index (χ1v) is 7.91. The third-order valence-electron chi connectivity index (χ3n) is 2.74. The fourth-order valence-corrected chi connectivity index (χ4v) is 2.60. The Morgan fingerprint density at radius 1 is 1.50 bits per heavy atom. The van der Waals surface area contributed by atoms with E-state index in [1.54, 1.807) is 17.7 Å². The van der Waals surface area contributed by atoms with Crippen molar-refractivity contribution in [3.63, 3.8) is 0 Å². The van der Waals surface area contributed by atoms with Crippen LogP contribution in [0, 0.1) is 0 Å². The summed E-state index contributed by atoms with van der Waals surface area (Å²) in [6, 6.07) is 1.75. The van der Waals surface area contributed by atoms with Crippen molar-refractivity contribution in [1.29, 1.82) is 0 Å². The number of hydrogen-bond acceptors (Lipinski definition) is 4. The van der Waals surface area contributed by atoms with Gasteiger partial charge in [0.15, 0.2) is 5.16 Å². The van der Waals surface area contributed by atoms with Crippen LogP contribution in [0.4, 0.5) is 0 Å². The van der Waals surface area contributed by atoms with Gasteiger partial charge in [0.1, 0.15) is 0 Å². The standard InChI is InChI=1S/C14H23N3O2S/c1-5-11-9-13(19)17(4)14(16-11)20-8-6-7-12(18)15-10(2)3/h9-10H,5-8H2,1-4H3,(H,15,18). The van der Waals surface area contributed by atoms with Gasteiger partial charge in [-0.3, -0.25) is 14.2 Å². The van der Waals surface area contributed by atoms with Crippen molar-refractivity contribution in [2.45, 2.75) is 51.2 Å². The van der Waals surface area contributed by atoms with E-state index in [0.717, 1.165) is 29.4 Å². The van der Waals surface area contributed by atoms with Gasteiger partial charge in [0, 0.05) is 37.0 Å². The van der Waals surface area contributed by atoms with Crippen LogP contribution in [0.3, 0.4) is 0 Å². The summed E-state index contributed by atoms with van der Waals surface area (Å²) in [6.45, 7) is 5.87. The normalized spacial score (nSPS) is 10.8. The molecule has 1 N–H and O–H groups in total. The summed E-state index contributed by atoms with van der Waals surface area (Å²) in [5, 5.41) is 3.58. The largest absolute Gasteiger partial charge is 0.354 e. The van der Waals surface area contributed by atoms with Crippen molar-refractivity contribution >= 4 is 17.7 Å². The highest BCUT2D eigenvalue weighted by atomic mass is 32.2. The summed E-state index contributed by atoms with van der Waals surface area (Å²) in [7, 11) is 1.72. The van der Waals surface area contributed by atoms with Crippen molar-refractivity contribution in [3.8, 4) is 0 Å². The Morgan fingerprint density at radius 3 is 2.80 bits per heavy atom. The van der Waals surface area contributed by atoms with E-state index >= 15 is 0 Å². The molecule has 0 bridgehead atoms. The molecule has 0 saturated heterocycles. The van der Waals surface area contributed by atoms with E-state index in [-0.39, 0.29) is 17.5 Å². The van der Waals surface area contributed by atoms with Crippen molar-refractivity contribution in [2.24, 2.45) is 7.05 Å². The van der Waals surface area contributed by atoms with Gasteiger partial charge in [-0.25, -0.2) is 4.98 Å². The highest BCUT2D eigenvalue weighted by Crippen LogP contribution is 2.15. The lowest BCUT2D eigenvalue weighted by Crippen LogP contribution is -2.29. The molecule has 0 unspecified atom stereocenters. The minimum Gasteiger partial charge on any atom is -0.354 e. The molecule has 0 aliphatic carbocycles. The zero-order valence-electron chi connectivity index (χ0n) is 12.6. The fourth-order valence-electron chi connectivity index (χ4n) is 1.66. The van der Waals surface area contributed by atoms with Crippen LogP contribution in [0.15, 0.2) is 16.0 Å². The topological polar surface area (TPSA) is 64.0 Å². The molecule has 1 aromatic rings. The SMILES string of the molecule is CCc1cc(=O)n(C)c(SCCCC(=O)NC(C)C)n1. The van der Waals surface area contributed by atoms with Crippen LogP contribution in [0.25, 0.3) is 0 Å². The Labute approximate surface area is 124 Å². The molecule has 1 rings (SSSR count). The molecule has 1 aromatic heterocycles. The van der Waals surface area contributed by atoms with Crippen LogP contribution >= 0.6 is 11.8 Å². The van der Waals surface area contributed by atoms with Crippen LogP contribution in [0.2, 0.25) is 0 Å². The summed E-state index contributed by atoms with van der Waals surface area (Å²) < 4.78 is 1.55. The van der Waals surface area contributed by atoms with Crippen molar-refractivity contribution in [1.82, 2.24) is 14.9 Å². The van der Waals surface area contributed by atoms with Gasteiger partial charge in [-0.15, -0.1) is 0 Å². The first-order chi connectivity index (χ1) is 9.43. The molecular weight excluding hydrogens is 274 g/mol. The van der Waals surface area contributed by atoms with Gasteiger partial charge < -0.3 is 5.32 Å². The molecule has 0 spiro atoms. The second kappa shape index (κ2) is 8.09. The maximum absolute atomic E-state index is 11.7. The van der Waals surface area contributed by atoms with Gasteiger partial charge in [0.2, 0.25) is 5.91 Å². The fraction of sp³-hybridized carbons (Fsp3) is 0.643. The average molecular weight is 297 g/mol. The third kappa shape index (κ3) is 5.36. The van der Waals surface area contributed by atoms with Gasteiger partial charge in [0.25, 0.3) is 5.56 Å². The predicted molar refractivity (Wildman–Crippen MR) is 82.1 cm³/mol. The Morgan fingerprint density at radius 2 is 2.20 bits per heavy atom. The molecule has 0 aliphatic heterocycles. The summed E-state index contributed by atoms with van der Waals surface area (Å²) in [5.74, 6) is 0.851. The Balaban J connectivity index is 2.48. The zero-order valence-corrected chi connectivity index (χ0v) is 13.4. The molecule has 1 heterocycles. The molecule has 0 radical (unpaired) electrons. The van der Waals surface area contributed by atoms with E-state index in [1.807, 2.05) is 20.8 Å². The quantitative estimate of drug-likeness (QED) is 0.473. The van der Waals surface area contributed by atoms with Gasteiger partial charge >= 0.3 is 0 Å². The van der Waals surface area contributed by atoms with Crippen LogP contribution in [0.1, 0.15) is 39.3 Å². The highest BCUT2D eigenvalue weighted by Gasteiger charge is 2.07. The minimum atomic E-state index is -0.0306. The van der Waals surface area contributed by atoms with Crippen LogP contribution in [-0.4, -0.2) is 27.3 Å². The van der Waals surface area contributed by atoms with Gasteiger partial charge in [-0.05, 0) is 26.7 Å². The molecule has 112 valence electrons. The number of carbonyl (C=O) groups is 1. The lowest BCUT2D eigenvalue weighted by Gasteiger charge is -2.09.